The van der Waals surface area contributed by atoms with Gasteiger partial charge in [0.2, 0.25) is 0 Å². The van der Waals surface area contributed by atoms with Gasteiger partial charge in [-0.2, -0.15) is 0 Å². The molecule has 1 rings (SSSR count). The number of benzene rings is 1. The Kier molecular flexibility index (Phi) is 6.39. The summed E-state index contributed by atoms with van der Waals surface area (Å²) in [4.78, 5) is 11.7. The molecule has 0 aliphatic carbocycles. The van der Waals surface area contributed by atoms with Gasteiger partial charge in [0, 0.05) is 17.3 Å². The Bertz CT molecular complexity index is 333. The fourth-order valence-electron chi connectivity index (χ4n) is 1.69. The molecule has 0 saturated carbocycles. The minimum absolute atomic E-state index is 0.350. The van der Waals surface area contributed by atoms with Crippen LogP contribution in [0.3, 0.4) is 0 Å². The van der Waals surface area contributed by atoms with Crippen LogP contribution in [-0.2, 0) is 11.2 Å². The molecule has 1 aromatic rings. The van der Waals surface area contributed by atoms with Gasteiger partial charge < -0.3 is 0 Å². The van der Waals surface area contributed by atoms with E-state index in [-0.39, 0.29) is 0 Å². The van der Waals surface area contributed by atoms with Crippen molar-refractivity contribution in [1.82, 2.24) is 0 Å². The lowest BCUT2D eigenvalue weighted by Gasteiger charge is -2.03. The second-order valence-corrected chi connectivity index (χ2v) is 4.97. The van der Waals surface area contributed by atoms with Gasteiger partial charge in [0.25, 0.3) is 0 Å². The molecule has 0 fully saturated rings. The largest absolute Gasteiger partial charge is 0.299 e. The first-order chi connectivity index (χ1) is 7.74. The first kappa shape index (κ1) is 13.4. The predicted molar refractivity (Wildman–Crippen MR) is 71.6 cm³/mol. The molecule has 0 radical (unpaired) electrons. The number of unbranched alkanes of at least 4 members (excludes halogenated alkanes) is 3. The first-order valence-electron chi connectivity index (χ1n) is 5.99. The van der Waals surface area contributed by atoms with E-state index < -0.39 is 0 Å². The average molecular weight is 283 g/mol. The van der Waals surface area contributed by atoms with Crippen molar-refractivity contribution in [2.24, 2.45) is 0 Å². The van der Waals surface area contributed by atoms with Crippen LogP contribution in [0.5, 0.6) is 0 Å². The lowest BCUT2D eigenvalue weighted by atomic mass is 10.0. The van der Waals surface area contributed by atoms with Gasteiger partial charge in [-0.25, -0.2) is 0 Å². The van der Waals surface area contributed by atoms with Crippen LogP contribution in [0.1, 0.15) is 44.6 Å². The van der Waals surface area contributed by atoms with Gasteiger partial charge >= 0.3 is 0 Å². The molecule has 2 heteroatoms. The zero-order valence-corrected chi connectivity index (χ0v) is 11.4. The van der Waals surface area contributed by atoms with Crippen molar-refractivity contribution in [2.75, 3.05) is 0 Å². The molecule has 0 atom stereocenters. The van der Waals surface area contributed by atoms with E-state index in [0.29, 0.717) is 12.2 Å². The van der Waals surface area contributed by atoms with Crippen molar-refractivity contribution in [3.05, 3.63) is 34.3 Å². The summed E-state index contributed by atoms with van der Waals surface area (Å²) in [6.45, 7) is 2.18. The third kappa shape index (κ3) is 4.93. The summed E-state index contributed by atoms with van der Waals surface area (Å²) in [6.07, 6.45) is 5.96. The zero-order valence-electron chi connectivity index (χ0n) is 9.84. The summed E-state index contributed by atoms with van der Waals surface area (Å²) >= 11 is 3.47. The molecule has 0 aromatic heterocycles. The second kappa shape index (κ2) is 7.61. The Morgan fingerprint density at radius 1 is 1.19 bits per heavy atom. The summed E-state index contributed by atoms with van der Waals surface area (Å²) in [5, 5.41) is 0. The molecular formula is C14H19BrO. The molecule has 88 valence electrons. The van der Waals surface area contributed by atoms with Gasteiger partial charge in [-0.15, -0.1) is 0 Å². The normalized spacial score (nSPS) is 10.4. The summed E-state index contributed by atoms with van der Waals surface area (Å²) in [7, 11) is 0. The molecule has 1 nitrogen and oxygen atoms in total. The Morgan fingerprint density at radius 2 is 1.94 bits per heavy atom. The van der Waals surface area contributed by atoms with E-state index in [1.165, 1.54) is 19.3 Å². The summed E-state index contributed by atoms with van der Waals surface area (Å²) in [5.74, 6) is 0.350. The van der Waals surface area contributed by atoms with E-state index in [1.807, 2.05) is 24.3 Å². The van der Waals surface area contributed by atoms with Crippen LogP contribution in [0.4, 0.5) is 0 Å². The van der Waals surface area contributed by atoms with E-state index in [4.69, 9.17) is 0 Å². The van der Waals surface area contributed by atoms with Gasteiger partial charge in [0.05, 0.1) is 0 Å². The number of carbonyl (C=O) groups is 1. The molecule has 0 N–H and O–H groups in total. The summed E-state index contributed by atoms with van der Waals surface area (Å²) < 4.78 is 1.04. The monoisotopic (exact) mass is 282 g/mol. The van der Waals surface area contributed by atoms with Crippen LogP contribution in [0.25, 0.3) is 0 Å². The highest BCUT2D eigenvalue weighted by Crippen LogP contribution is 2.17. The predicted octanol–water partition coefficient (Wildman–Crippen LogP) is 4.53. The molecular weight excluding hydrogens is 264 g/mol. The van der Waals surface area contributed by atoms with E-state index >= 15 is 0 Å². The number of ketones is 1. The van der Waals surface area contributed by atoms with Crippen LogP contribution in [0.15, 0.2) is 28.7 Å². The van der Waals surface area contributed by atoms with E-state index in [1.54, 1.807) is 0 Å². The third-order valence-corrected chi connectivity index (χ3v) is 3.43. The number of halogens is 1. The van der Waals surface area contributed by atoms with E-state index in [2.05, 4.69) is 22.9 Å². The third-order valence-electron chi connectivity index (χ3n) is 2.65. The standard InChI is InChI=1S/C14H19BrO/c1-2-3-4-5-9-13(16)11-12-8-6-7-10-14(12)15/h6-8,10H,2-5,9,11H2,1H3. The number of carbonyl (C=O) groups excluding carboxylic acids is 1. The van der Waals surface area contributed by atoms with Gasteiger partial charge in [0.1, 0.15) is 5.78 Å². The molecule has 0 heterocycles. The Morgan fingerprint density at radius 3 is 2.62 bits per heavy atom. The van der Waals surface area contributed by atoms with E-state index in [0.717, 1.165) is 22.9 Å². The highest BCUT2D eigenvalue weighted by molar-refractivity contribution is 9.10. The minimum Gasteiger partial charge on any atom is -0.299 e. The Balaban J connectivity index is 2.32. The molecule has 0 saturated heterocycles. The van der Waals surface area contributed by atoms with Crippen LogP contribution >= 0.6 is 15.9 Å². The van der Waals surface area contributed by atoms with Crippen molar-refractivity contribution in [3.63, 3.8) is 0 Å². The quantitative estimate of drug-likeness (QED) is 0.672. The maximum absolute atomic E-state index is 11.7. The van der Waals surface area contributed by atoms with Crippen LogP contribution in [-0.4, -0.2) is 5.78 Å². The zero-order chi connectivity index (χ0) is 11.8. The Hall–Kier alpha value is -0.630. The van der Waals surface area contributed by atoms with Crippen LogP contribution in [0.2, 0.25) is 0 Å². The molecule has 0 aliphatic heterocycles. The number of rotatable bonds is 7. The van der Waals surface area contributed by atoms with Crippen molar-refractivity contribution in [3.8, 4) is 0 Å². The molecule has 0 spiro atoms. The number of hydrogen-bond donors (Lipinski definition) is 0. The molecule has 0 unspecified atom stereocenters. The molecule has 0 amide bonds. The smallest absolute Gasteiger partial charge is 0.137 e. The fraction of sp³-hybridized carbons (Fsp3) is 0.500. The second-order valence-electron chi connectivity index (χ2n) is 4.12. The lowest BCUT2D eigenvalue weighted by molar-refractivity contribution is -0.118. The first-order valence-corrected chi connectivity index (χ1v) is 6.78. The number of Topliss-reactive ketones (excluding diaryl/α,β-unsaturated/α-hetero) is 1. The average Bonchev–Trinajstić information content (AvgIpc) is 2.28. The van der Waals surface area contributed by atoms with E-state index in [9.17, 15) is 4.79 Å². The minimum atomic E-state index is 0.350. The SMILES string of the molecule is CCCCCCC(=O)Cc1ccccc1Br. The van der Waals surface area contributed by atoms with Gasteiger partial charge in [-0.05, 0) is 18.1 Å². The topological polar surface area (TPSA) is 17.1 Å². The number of hydrogen-bond acceptors (Lipinski definition) is 1. The molecule has 0 bridgehead atoms. The van der Waals surface area contributed by atoms with Crippen molar-refractivity contribution in [1.29, 1.82) is 0 Å². The van der Waals surface area contributed by atoms with Gasteiger partial charge in [-0.3, -0.25) is 4.79 Å². The highest BCUT2D eigenvalue weighted by atomic mass is 79.9. The molecule has 0 aliphatic rings. The van der Waals surface area contributed by atoms with Gasteiger partial charge in [0.15, 0.2) is 0 Å². The summed E-state index contributed by atoms with van der Waals surface area (Å²) in [5.41, 5.74) is 1.10. The van der Waals surface area contributed by atoms with Gasteiger partial charge in [-0.1, -0.05) is 60.3 Å². The van der Waals surface area contributed by atoms with Crippen molar-refractivity contribution < 1.29 is 4.79 Å². The maximum atomic E-state index is 11.7. The maximum Gasteiger partial charge on any atom is 0.137 e. The van der Waals surface area contributed by atoms with Crippen LogP contribution in [0, 0.1) is 0 Å². The fourth-order valence-corrected chi connectivity index (χ4v) is 2.12. The van der Waals surface area contributed by atoms with Crippen molar-refractivity contribution >= 4 is 21.7 Å². The molecule has 16 heavy (non-hydrogen) atoms. The lowest BCUT2D eigenvalue weighted by Crippen LogP contribution is -2.02. The van der Waals surface area contributed by atoms with Crippen molar-refractivity contribution in [2.45, 2.75) is 45.4 Å². The van der Waals surface area contributed by atoms with Crippen LogP contribution < -0.4 is 0 Å². The Labute approximate surface area is 106 Å². The highest BCUT2D eigenvalue weighted by Gasteiger charge is 2.05. The molecule has 1 aromatic carbocycles. The summed E-state index contributed by atoms with van der Waals surface area (Å²) in [6, 6.07) is 7.94.